The Labute approximate surface area is 85.6 Å². The zero-order valence-electron chi connectivity index (χ0n) is 9.08. The van der Waals surface area contributed by atoms with Gasteiger partial charge < -0.3 is 15.2 Å². The Morgan fingerprint density at radius 2 is 2.21 bits per heavy atom. The summed E-state index contributed by atoms with van der Waals surface area (Å²) >= 11 is 0. The first-order valence-corrected chi connectivity index (χ1v) is 5.22. The maximum Gasteiger partial charge on any atom is 0.246 e. The van der Waals surface area contributed by atoms with Gasteiger partial charge in [0.05, 0.1) is 0 Å². The Morgan fingerprint density at radius 3 is 2.71 bits per heavy atom. The van der Waals surface area contributed by atoms with Crippen molar-refractivity contribution in [2.24, 2.45) is 0 Å². The molecule has 0 aliphatic rings. The van der Waals surface area contributed by atoms with Crippen LogP contribution in [0.3, 0.4) is 0 Å². The molecule has 0 saturated carbocycles. The maximum absolute atomic E-state index is 11.2. The predicted molar refractivity (Wildman–Crippen MR) is 55.0 cm³/mol. The van der Waals surface area contributed by atoms with Crippen LogP contribution >= 0.6 is 0 Å². The van der Waals surface area contributed by atoms with Gasteiger partial charge in [0, 0.05) is 19.3 Å². The van der Waals surface area contributed by atoms with Gasteiger partial charge in [-0.1, -0.05) is 13.8 Å². The van der Waals surface area contributed by atoms with Gasteiger partial charge in [-0.15, -0.1) is 0 Å². The third-order valence-electron chi connectivity index (χ3n) is 1.92. The van der Waals surface area contributed by atoms with Crippen molar-refractivity contribution in [2.45, 2.75) is 39.2 Å². The molecule has 14 heavy (non-hydrogen) atoms. The summed E-state index contributed by atoms with van der Waals surface area (Å²) in [6.45, 7) is 4.82. The van der Waals surface area contributed by atoms with E-state index in [0.717, 1.165) is 12.8 Å². The second-order valence-corrected chi connectivity index (χ2v) is 3.24. The first-order chi connectivity index (χ1) is 6.74. The molecule has 0 aromatic heterocycles. The van der Waals surface area contributed by atoms with Gasteiger partial charge in [-0.05, 0) is 19.3 Å². The molecule has 2 N–H and O–H groups in total. The highest BCUT2D eigenvalue weighted by molar-refractivity contribution is 5.77. The Hall–Kier alpha value is -0.610. The molecule has 0 aromatic carbocycles. The smallest absolute Gasteiger partial charge is 0.246 e. The summed E-state index contributed by atoms with van der Waals surface area (Å²) in [6.07, 6.45) is 2.36. The van der Waals surface area contributed by atoms with Crippen LogP contribution in [0.5, 0.6) is 0 Å². The summed E-state index contributed by atoms with van der Waals surface area (Å²) in [5, 5.41) is 11.5. The first kappa shape index (κ1) is 13.4. The molecule has 0 radical (unpaired) electrons. The third kappa shape index (κ3) is 6.86. The van der Waals surface area contributed by atoms with Crippen LogP contribution in [0.4, 0.5) is 0 Å². The van der Waals surface area contributed by atoms with Crippen molar-refractivity contribution >= 4 is 5.91 Å². The quantitative estimate of drug-likeness (QED) is 0.571. The number of aliphatic hydroxyl groups is 1. The van der Waals surface area contributed by atoms with Gasteiger partial charge in [0.25, 0.3) is 0 Å². The van der Waals surface area contributed by atoms with E-state index >= 15 is 0 Å². The summed E-state index contributed by atoms with van der Waals surface area (Å²) in [4.78, 5) is 11.2. The summed E-state index contributed by atoms with van der Waals surface area (Å²) in [7, 11) is 0. The van der Waals surface area contributed by atoms with Crippen LogP contribution in [0.25, 0.3) is 0 Å². The molecule has 0 saturated heterocycles. The minimum atomic E-state index is -0.0984. The lowest BCUT2D eigenvalue weighted by molar-refractivity contribution is -0.126. The zero-order chi connectivity index (χ0) is 10.8. The van der Waals surface area contributed by atoms with Gasteiger partial charge in [-0.25, -0.2) is 0 Å². The van der Waals surface area contributed by atoms with E-state index in [4.69, 9.17) is 9.84 Å². The Bertz CT molecular complexity index is 150. The van der Waals surface area contributed by atoms with Crippen LogP contribution < -0.4 is 5.32 Å². The summed E-state index contributed by atoms with van der Waals surface area (Å²) in [6, 6.07) is 0.0673. The van der Waals surface area contributed by atoms with Gasteiger partial charge in [-0.2, -0.15) is 0 Å². The predicted octanol–water partition coefficient (Wildman–Crippen LogP) is 0.690. The van der Waals surface area contributed by atoms with Gasteiger partial charge in [0.1, 0.15) is 6.61 Å². The Balaban J connectivity index is 3.56. The minimum Gasteiger partial charge on any atom is -0.396 e. The summed E-state index contributed by atoms with van der Waals surface area (Å²) in [5.41, 5.74) is 0. The van der Waals surface area contributed by atoms with Crippen molar-refractivity contribution in [1.82, 2.24) is 5.32 Å². The molecule has 0 spiro atoms. The highest BCUT2D eigenvalue weighted by atomic mass is 16.5. The first-order valence-electron chi connectivity index (χ1n) is 5.22. The van der Waals surface area contributed by atoms with E-state index in [-0.39, 0.29) is 25.2 Å². The number of aliphatic hydroxyl groups excluding tert-OH is 1. The van der Waals surface area contributed by atoms with Crippen LogP contribution in [-0.4, -0.2) is 36.9 Å². The van der Waals surface area contributed by atoms with Gasteiger partial charge in [-0.3, -0.25) is 4.79 Å². The summed E-state index contributed by atoms with van der Waals surface area (Å²) < 4.78 is 5.09. The van der Waals surface area contributed by atoms with Gasteiger partial charge in [0.15, 0.2) is 0 Å². The molecule has 0 fully saturated rings. The molecule has 1 unspecified atom stereocenters. The molecule has 4 heteroatoms. The van der Waals surface area contributed by atoms with Crippen LogP contribution in [0.15, 0.2) is 0 Å². The van der Waals surface area contributed by atoms with E-state index in [0.29, 0.717) is 13.0 Å². The van der Waals surface area contributed by atoms with E-state index in [2.05, 4.69) is 5.32 Å². The highest BCUT2D eigenvalue weighted by Gasteiger charge is 2.09. The van der Waals surface area contributed by atoms with Crippen molar-refractivity contribution in [1.29, 1.82) is 0 Å². The molecule has 84 valence electrons. The van der Waals surface area contributed by atoms with E-state index < -0.39 is 0 Å². The lowest BCUT2D eigenvalue weighted by atomic mass is 10.1. The van der Waals surface area contributed by atoms with Gasteiger partial charge >= 0.3 is 0 Å². The normalized spacial score (nSPS) is 12.5. The highest BCUT2D eigenvalue weighted by Crippen LogP contribution is 1.96. The van der Waals surface area contributed by atoms with E-state index in [9.17, 15) is 4.79 Å². The van der Waals surface area contributed by atoms with Crippen LogP contribution in [0.1, 0.15) is 33.1 Å². The molecule has 1 atom stereocenters. The molecule has 0 aromatic rings. The Morgan fingerprint density at radius 1 is 1.50 bits per heavy atom. The van der Waals surface area contributed by atoms with E-state index in [1.807, 2.05) is 13.8 Å². The minimum absolute atomic E-state index is 0.0673. The molecule has 0 aliphatic carbocycles. The monoisotopic (exact) mass is 203 g/mol. The Kier molecular flexibility index (Phi) is 8.57. The molecule has 1 amide bonds. The molecule has 0 aliphatic heterocycles. The van der Waals surface area contributed by atoms with Crippen molar-refractivity contribution in [3.05, 3.63) is 0 Å². The number of nitrogens with one attached hydrogen (secondary N) is 1. The summed E-state index contributed by atoms with van der Waals surface area (Å²) in [5.74, 6) is -0.0984. The van der Waals surface area contributed by atoms with Gasteiger partial charge in [0.2, 0.25) is 5.91 Å². The second kappa shape index (κ2) is 8.97. The molecular weight excluding hydrogens is 182 g/mol. The zero-order valence-corrected chi connectivity index (χ0v) is 9.08. The number of hydrogen-bond donors (Lipinski definition) is 2. The van der Waals surface area contributed by atoms with Crippen molar-refractivity contribution in [2.75, 3.05) is 19.8 Å². The molecule has 0 heterocycles. The van der Waals surface area contributed by atoms with E-state index in [1.54, 1.807) is 0 Å². The number of ether oxygens (including phenoxy) is 1. The molecule has 0 bridgehead atoms. The standard InChI is InChI=1S/C10H21NO3/c1-3-7-14-8-10(13)11-9(4-2)5-6-12/h9,12H,3-8H2,1-2H3,(H,11,13). The average Bonchev–Trinajstić information content (AvgIpc) is 2.17. The topological polar surface area (TPSA) is 58.6 Å². The van der Waals surface area contributed by atoms with Crippen LogP contribution in [-0.2, 0) is 9.53 Å². The number of hydrogen-bond acceptors (Lipinski definition) is 3. The fourth-order valence-electron chi connectivity index (χ4n) is 1.11. The maximum atomic E-state index is 11.2. The molecule has 4 nitrogen and oxygen atoms in total. The molecular formula is C10H21NO3. The van der Waals surface area contributed by atoms with Crippen LogP contribution in [0, 0.1) is 0 Å². The second-order valence-electron chi connectivity index (χ2n) is 3.24. The SMILES string of the molecule is CCCOCC(=O)NC(CC)CCO. The van der Waals surface area contributed by atoms with E-state index in [1.165, 1.54) is 0 Å². The molecule has 0 rings (SSSR count). The number of rotatable bonds is 8. The fourth-order valence-corrected chi connectivity index (χ4v) is 1.11. The third-order valence-corrected chi connectivity index (χ3v) is 1.92. The van der Waals surface area contributed by atoms with Crippen molar-refractivity contribution in [3.8, 4) is 0 Å². The largest absolute Gasteiger partial charge is 0.396 e. The fraction of sp³-hybridized carbons (Fsp3) is 0.900. The van der Waals surface area contributed by atoms with Crippen molar-refractivity contribution in [3.63, 3.8) is 0 Å². The average molecular weight is 203 g/mol. The van der Waals surface area contributed by atoms with Crippen molar-refractivity contribution < 1.29 is 14.6 Å². The number of carbonyl (C=O) groups excluding carboxylic acids is 1. The number of amides is 1. The number of carbonyl (C=O) groups is 1. The lowest BCUT2D eigenvalue weighted by Gasteiger charge is -2.15. The lowest BCUT2D eigenvalue weighted by Crippen LogP contribution is -2.37. The van der Waals surface area contributed by atoms with Crippen LogP contribution in [0.2, 0.25) is 0 Å².